The molecule has 1 aromatic heterocycles. The number of hydrogen-bond donors (Lipinski definition) is 2. The number of carbonyl (C=O) groups excluding carboxylic acids is 1. The molecule has 2 heterocycles. The molecular formula is C18H19NO7S. The van der Waals surface area contributed by atoms with Gasteiger partial charge in [0, 0.05) is 5.75 Å². The zero-order valence-corrected chi connectivity index (χ0v) is 15.6. The normalized spacial score (nSPS) is 18.9. The summed E-state index contributed by atoms with van der Waals surface area (Å²) in [6.07, 6.45) is 0. The van der Waals surface area contributed by atoms with Gasteiger partial charge in [-0.1, -0.05) is 6.07 Å². The number of nitrogens with one attached hydrogen (secondary N) is 1. The van der Waals surface area contributed by atoms with Crippen LogP contribution in [0.3, 0.4) is 0 Å². The number of aliphatic carboxylic acids is 1. The van der Waals surface area contributed by atoms with Crippen LogP contribution in [0.25, 0.3) is 0 Å². The maximum absolute atomic E-state index is 11.4. The Bertz CT molecular complexity index is 835. The van der Waals surface area contributed by atoms with Crippen molar-refractivity contribution in [1.29, 1.82) is 0 Å². The fourth-order valence-corrected chi connectivity index (χ4v) is 3.81. The topological polar surface area (TPSA) is 107 Å². The van der Waals surface area contributed by atoms with Crippen LogP contribution in [0.15, 0.2) is 34.7 Å². The standard InChI is InChI=1S/C18H19NO7S/c1-23-15-7-10(16-19-12(9-27-16)17(20)21)3-5-13(15)25-8-11-4-6-14(26-11)18(22)24-2/h3-7,12,16,19H,8-9H2,1-2H3,(H,20,21). The lowest BCUT2D eigenvalue weighted by atomic mass is 10.2. The number of carboxylic acid groups (broad SMARTS) is 1. The van der Waals surface area contributed by atoms with Crippen LogP contribution in [0.1, 0.15) is 27.3 Å². The molecule has 0 bridgehead atoms. The van der Waals surface area contributed by atoms with Crippen molar-refractivity contribution >= 4 is 23.7 Å². The number of hydrogen-bond acceptors (Lipinski definition) is 8. The van der Waals surface area contributed by atoms with E-state index in [-0.39, 0.29) is 17.7 Å². The smallest absolute Gasteiger partial charge is 0.373 e. The highest BCUT2D eigenvalue weighted by atomic mass is 32.2. The Labute approximate surface area is 159 Å². The van der Waals surface area contributed by atoms with Gasteiger partial charge in [0.05, 0.1) is 19.6 Å². The maximum atomic E-state index is 11.4. The van der Waals surface area contributed by atoms with Gasteiger partial charge in [-0.25, -0.2) is 4.79 Å². The average Bonchev–Trinajstić information content (AvgIpc) is 3.35. The van der Waals surface area contributed by atoms with Crippen LogP contribution in [-0.4, -0.2) is 43.1 Å². The van der Waals surface area contributed by atoms with E-state index in [1.54, 1.807) is 12.1 Å². The third-order valence-corrected chi connectivity index (χ3v) is 5.26. The van der Waals surface area contributed by atoms with Crippen LogP contribution in [-0.2, 0) is 16.1 Å². The minimum Gasteiger partial charge on any atom is -0.493 e. The zero-order valence-electron chi connectivity index (χ0n) is 14.8. The van der Waals surface area contributed by atoms with Gasteiger partial charge >= 0.3 is 11.9 Å². The largest absolute Gasteiger partial charge is 0.493 e. The molecular weight excluding hydrogens is 374 g/mol. The van der Waals surface area contributed by atoms with E-state index < -0.39 is 18.0 Å². The first-order chi connectivity index (χ1) is 13.0. The molecule has 1 aliphatic rings. The maximum Gasteiger partial charge on any atom is 0.373 e. The van der Waals surface area contributed by atoms with Gasteiger partial charge < -0.3 is 23.7 Å². The van der Waals surface area contributed by atoms with Crippen molar-refractivity contribution in [3.63, 3.8) is 0 Å². The number of carboxylic acids is 1. The van der Waals surface area contributed by atoms with Gasteiger partial charge in [-0.2, -0.15) is 0 Å². The van der Waals surface area contributed by atoms with Crippen LogP contribution in [0.2, 0.25) is 0 Å². The van der Waals surface area contributed by atoms with Crippen molar-refractivity contribution in [2.45, 2.75) is 18.0 Å². The second kappa shape index (κ2) is 8.36. The van der Waals surface area contributed by atoms with Gasteiger partial charge in [-0.3, -0.25) is 10.1 Å². The van der Waals surface area contributed by atoms with E-state index in [1.165, 1.54) is 32.0 Å². The summed E-state index contributed by atoms with van der Waals surface area (Å²) in [5, 5.41) is 12.0. The molecule has 0 radical (unpaired) electrons. The molecule has 27 heavy (non-hydrogen) atoms. The van der Waals surface area contributed by atoms with Crippen LogP contribution in [0, 0.1) is 0 Å². The summed E-state index contributed by atoms with van der Waals surface area (Å²) in [6, 6.07) is 8.02. The van der Waals surface area contributed by atoms with E-state index in [0.717, 1.165) is 5.56 Å². The molecule has 0 aliphatic carbocycles. The third kappa shape index (κ3) is 4.37. The van der Waals surface area contributed by atoms with Crippen molar-refractivity contribution in [3.8, 4) is 11.5 Å². The molecule has 1 aliphatic heterocycles. The first-order valence-electron chi connectivity index (χ1n) is 8.10. The fourth-order valence-electron chi connectivity index (χ4n) is 2.59. The summed E-state index contributed by atoms with van der Waals surface area (Å²) in [6.45, 7) is 0.115. The summed E-state index contributed by atoms with van der Waals surface area (Å²) >= 11 is 1.53. The number of rotatable bonds is 7. The second-order valence-corrected chi connectivity index (χ2v) is 6.87. The van der Waals surface area contributed by atoms with Crippen molar-refractivity contribution in [2.24, 2.45) is 0 Å². The molecule has 1 fully saturated rings. The summed E-state index contributed by atoms with van der Waals surface area (Å²) in [4.78, 5) is 22.5. The SMILES string of the molecule is COC(=O)c1ccc(COc2ccc(C3NC(C(=O)O)CS3)cc2OC)o1. The average molecular weight is 393 g/mol. The van der Waals surface area contributed by atoms with Crippen molar-refractivity contribution in [2.75, 3.05) is 20.0 Å². The number of esters is 1. The number of benzene rings is 1. The Morgan fingerprint density at radius 1 is 1.26 bits per heavy atom. The molecule has 0 amide bonds. The Balaban J connectivity index is 1.67. The van der Waals surface area contributed by atoms with E-state index in [4.69, 9.17) is 19.0 Å². The third-order valence-electron chi connectivity index (χ3n) is 3.99. The van der Waals surface area contributed by atoms with E-state index in [9.17, 15) is 9.59 Å². The number of carbonyl (C=O) groups is 2. The highest BCUT2D eigenvalue weighted by Gasteiger charge is 2.30. The molecule has 2 unspecified atom stereocenters. The minimum absolute atomic E-state index is 0.107. The van der Waals surface area contributed by atoms with Crippen LogP contribution in [0.5, 0.6) is 11.5 Å². The van der Waals surface area contributed by atoms with E-state index in [1.807, 2.05) is 12.1 Å². The summed E-state index contributed by atoms with van der Waals surface area (Å²) in [5.74, 6) is 0.700. The predicted octanol–water partition coefficient (Wildman–Crippen LogP) is 2.44. The lowest BCUT2D eigenvalue weighted by Crippen LogP contribution is -2.33. The Hall–Kier alpha value is -2.65. The quantitative estimate of drug-likeness (QED) is 0.686. The Morgan fingerprint density at radius 2 is 2.07 bits per heavy atom. The molecule has 1 aromatic carbocycles. The molecule has 3 rings (SSSR count). The van der Waals surface area contributed by atoms with Gasteiger partial charge in [-0.05, 0) is 29.8 Å². The van der Waals surface area contributed by atoms with Crippen molar-refractivity contribution < 1.29 is 33.3 Å². The van der Waals surface area contributed by atoms with Crippen molar-refractivity contribution in [3.05, 3.63) is 47.4 Å². The van der Waals surface area contributed by atoms with Gasteiger partial charge in [0.1, 0.15) is 18.4 Å². The summed E-state index contributed by atoms with van der Waals surface area (Å²) in [5.41, 5.74) is 0.902. The van der Waals surface area contributed by atoms with Crippen LogP contribution >= 0.6 is 11.8 Å². The number of furan rings is 1. The molecule has 0 saturated carbocycles. The lowest BCUT2D eigenvalue weighted by Gasteiger charge is -2.15. The molecule has 2 aromatic rings. The molecule has 1 saturated heterocycles. The van der Waals surface area contributed by atoms with Gasteiger partial charge in [0.25, 0.3) is 0 Å². The highest BCUT2D eigenvalue weighted by Crippen LogP contribution is 2.37. The molecule has 8 nitrogen and oxygen atoms in total. The Kier molecular flexibility index (Phi) is 5.92. The van der Waals surface area contributed by atoms with E-state index in [0.29, 0.717) is 23.0 Å². The minimum atomic E-state index is -0.860. The first-order valence-corrected chi connectivity index (χ1v) is 9.15. The molecule has 9 heteroatoms. The molecule has 0 spiro atoms. The molecule has 2 atom stereocenters. The van der Waals surface area contributed by atoms with Gasteiger partial charge in [0.2, 0.25) is 5.76 Å². The predicted molar refractivity (Wildman–Crippen MR) is 97.1 cm³/mol. The first kappa shape index (κ1) is 19.1. The van der Waals surface area contributed by atoms with Crippen molar-refractivity contribution in [1.82, 2.24) is 5.32 Å². The zero-order chi connectivity index (χ0) is 19.4. The van der Waals surface area contributed by atoms with Gasteiger partial charge in [-0.15, -0.1) is 11.8 Å². The van der Waals surface area contributed by atoms with E-state index >= 15 is 0 Å². The van der Waals surface area contributed by atoms with Crippen LogP contribution < -0.4 is 14.8 Å². The summed E-state index contributed by atoms with van der Waals surface area (Å²) in [7, 11) is 2.81. The molecule has 144 valence electrons. The van der Waals surface area contributed by atoms with E-state index in [2.05, 4.69) is 10.1 Å². The number of thioether (sulfide) groups is 1. The monoisotopic (exact) mass is 393 g/mol. The fraction of sp³-hybridized carbons (Fsp3) is 0.333. The Morgan fingerprint density at radius 3 is 2.74 bits per heavy atom. The molecule has 2 N–H and O–H groups in total. The second-order valence-electron chi connectivity index (χ2n) is 5.73. The van der Waals surface area contributed by atoms with Gasteiger partial charge in [0.15, 0.2) is 11.5 Å². The number of ether oxygens (including phenoxy) is 3. The summed E-state index contributed by atoms with van der Waals surface area (Å²) < 4.78 is 21.1. The number of methoxy groups -OCH3 is 2. The van der Waals surface area contributed by atoms with Crippen LogP contribution in [0.4, 0.5) is 0 Å². The lowest BCUT2D eigenvalue weighted by molar-refractivity contribution is -0.138. The highest BCUT2D eigenvalue weighted by molar-refractivity contribution is 7.99.